The zero-order chi connectivity index (χ0) is 12.3. The number of aliphatic hydroxyl groups excluding tert-OH is 1. The molecular formula is C13H19NO2S. The maximum atomic E-state index is 9.70. The SMILES string of the molecule is COc1ccccc1NC1(CO)CSCC1C. The van der Waals surface area contributed by atoms with Crippen LogP contribution in [0.4, 0.5) is 5.69 Å². The smallest absolute Gasteiger partial charge is 0.141 e. The van der Waals surface area contributed by atoms with Crippen molar-refractivity contribution >= 4 is 17.4 Å². The molecule has 0 aromatic heterocycles. The van der Waals surface area contributed by atoms with E-state index in [0.717, 1.165) is 22.9 Å². The van der Waals surface area contributed by atoms with E-state index in [4.69, 9.17) is 4.74 Å². The molecule has 1 fully saturated rings. The summed E-state index contributed by atoms with van der Waals surface area (Å²) < 4.78 is 5.33. The Morgan fingerprint density at radius 3 is 2.88 bits per heavy atom. The maximum absolute atomic E-state index is 9.70. The summed E-state index contributed by atoms with van der Waals surface area (Å²) in [6, 6.07) is 7.84. The van der Waals surface area contributed by atoms with Gasteiger partial charge in [-0.25, -0.2) is 0 Å². The molecule has 1 aliphatic heterocycles. The average molecular weight is 253 g/mol. The van der Waals surface area contributed by atoms with Gasteiger partial charge in [-0.1, -0.05) is 19.1 Å². The van der Waals surface area contributed by atoms with Crippen molar-refractivity contribution < 1.29 is 9.84 Å². The highest BCUT2D eigenvalue weighted by molar-refractivity contribution is 7.99. The van der Waals surface area contributed by atoms with E-state index in [2.05, 4.69) is 12.2 Å². The highest BCUT2D eigenvalue weighted by Crippen LogP contribution is 2.38. The monoisotopic (exact) mass is 253 g/mol. The number of nitrogens with one attached hydrogen (secondary N) is 1. The number of ether oxygens (including phenoxy) is 1. The van der Waals surface area contributed by atoms with Crippen LogP contribution >= 0.6 is 11.8 Å². The van der Waals surface area contributed by atoms with Crippen molar-refractivity contribution in [3.63, 3.8) is 0 Å². The minimum absolute atomic E-state index is 0.152. The second kappa shape index (κ2) is 5.19. The third kappa shape index (κ3) is 2.38. The minimum Gasteiger partial charge on any atom is -0.495 e. The molecule has 0 bridgehead atoms. The van der Waals surface area contributed by atoms with E-state index in [-0.39, 0.29) is 12.1 Å². The van der Waals surface area contributed by atoms with Crippen molar-refractivity contribution in [1.82, 2.24) is 0 Å². The fourth-order valence-electron chi connectivity index (χ4n) is 2.14. The van der Waals surface area contributed by atoms with Gasteiger partial charge in [-0.15, -0.1) is 0 Å². The van der Waals surface area contributed by atoms with E-state index in [1.807, 2.05) is 36.0 Å². The zero-order valence-corrected chi connectivity index (χ0v) is 11.1. The van der Waals surface area contributed by atoms with E-state index >= 15 is 0 Å². The van der Waals surface area contributed by atoms with Gasteiger partial charge in [-0.3, -0.25) is 0 Å². The van der Waals surface area contributed by atoms with Gasteiger partial charge in [-0.05, 0) is 23.8 Å². The van der Waals surface area contributed by atoms with Crippen LogP contribution in [0.2, 0.25) is 0 Å². The van der Waals surface area contributed by atoms with Gasteiger partial charge < -0.3 is 15.2 Å². The van der Waals surface area contributed by atoms with Gasteiger partial charge in [0.25, 0.3) is 0 Å². The first kappa shape index (κ1) is 12.6. The number of rotatable bonds is 4. The summed E-state index contributed by atoms with van der Waals surface area (Å²) in [5.74, 6) is 3.29. The predicted octanol–water partition coefficient (Wildman–Crippen LogP) is 2.22. The third-order valence-corrected chi connectivity index (χ3v) is 4.90. The van der Waals surface area contributed by atoms with Gasteiger partial charge in [0.1, 0.15) is 5.75 Å². The lowest BCUT2D eigenvalue weighted by atomic mass is 9.89. The number of methoxy groups -OCH3 is 1. The van der Waals surface area contributed by atoms with Crippen molar-refractivity contribution in [2.24, 2.45) is 5.92 Å². The van der Waals surface area contributed by atoms with E-state index in [0.29, 0.717) is 5.92 Å². The molecule has 2 atom stereocenters. The molecule has 4 heteroatoms. The minimum atomic E-state index is -0.223. The lowest BCUT2D eigenvalue weighted by Gasteiger charge is -2.33. The molecule has 0 radical (unpaired) electrons. The molecule has 94 valence electrons. The molecule has 2 N–H and O–H groups in total. The Hall–Kier alpha value is -0.870. The second-order valence-corrected chi connectivity index (χ2v) is 5.59. The molecule has 1 aromatic rings. The van der Waals surface area contributed by atoms with Crippen LogP contribution in [-0.2, 0) is 0 Å². The van der Waals surface area contributed by atoms with E-state index in [1.165, 1.54) is 0 Å². The molecule has 1 heterocycles. The van der Waals surface area contributed by atoms with Gasteiger partial charge in [-0.2, -0.15) is 11.8 Å². The summed E-state index contributed by atoms with van der Waals surface area (Å²) in [4.78, 5) is 0. The molecule has 17 heavy (non-hydrogen) atoms. The summed E-state index contributed by atoms with van der Waals surface area (Å²) in [5, 5.41) is 13.2. The normalized spacial score (nSPS) is 28.1. The molecule has 3 nitrogen and oxygen atoms in total. The molecule has 2 unspecified atom stereocenters. The number of anilines is 1. The van der Waals surface area contributed by atoms with E-state index in [9.17, 15) is 5.11 Å². The first-order valence-corrected chi connectivity index (χ1v) is 6.97. The Bertz CT molecular complexity index is 385. The van der Waals surface area contributed by atoms with Crippen molar-refractivity contribution in [3.05, 3.63) is 24.3 Å². The highest BCUT2D eigenvalue weighted by Gasteiger charge is 2.40. The van der Waals surface area contributed by atoms with Crippen LogP contribution in [0.5, 0.6) is 5.75 Å². The Morgan fingerprint density at radius 1 is 1.53 bits per heavy atom. The zero-order valence-electron chi connectivity index (χ0n) is 10.3. The Labute approximate surface area is 107 Å². The third-order valence-electron chi connectivity index (χ3n) is 3.44. The van der Waals surface area contributed by atoms with Gasteiger partial charge in [0.2, 0.25) is 0 Å². The molecule has 1 aromatic carbocycles. The molecule has 1 aliphatic rings. The van der Waals surface area contributed by atoms with Crippen LogP contribution < -0.4 is 10.1 Å². The molecule has 0 saturated carbocycles. The van der Waals surface area contributed by atoms with Gasteiger partial charge >= 0.3 is 0 Å². The summed E-state index contributed by atoms with van der Waals surface area (Å²) in [5.41, 5.74) is 0.734. The lowest BCUT2D eigenvalue weighted by Crippen LogP contribution is -2.47. The quantitative estimate of drug-likeness (QED) is 0.863. The first-order chi connectivity index (χ1) is 8.22. The Balaban J connectivity index is 2.24. The Kier molecular flexibility index (Phi) is 3.84. The lowest BCUT2D eigenvalue weighted by molar-refractivity contribution is 0.196. The fourth-order valence-corrected chi connectivity index (χ4v) is 3.74. The van der Waals surface area contributed by atoms with Crippen LogP contribution in [-0.4, -0.2) is 35.9 Å². The summed E-state index contributed by atoms with van der Waals surface area (Å²) >= 11 is 1.88. The number of para-hydroxylation sites is 2. The highest BCUT2D eigenvalue weighted by atomic mass is 32.2. The van der Waals surface area contributed by atoms with Crippen molar-refractivity contribution in [2.45, 2.75) is 12.5 Å². The largest absolute Gasteiger partial charge is 0.495 e. The maximum Gasteiger partial charge on any atom is 0.141 e. The fraction of sp³-hybridized carbons (Fsp3) is 0.538. The molecule has 2 rings (SSSR count). The second-order valence-electron chi connectivity index (χ2n) is 4.56. The topological polar surface area (TPSA) is 41.5 Å². The van der Waals surface area contributed by atoms with Gasteiger partial charge in [0, 0.05) is 5.75 Å². The summed E-state index contributed by atoms with van der Waals surface area (Å²) in [6.07, 6.45) is 0. The van der Waals surface area contributed by atoms with Crippen LogP contribution in [0.25, 0.3) is 0 Å². The number of hydrogen-bond acceptors (Lipinski definition) is 4. The van der Waals surface area contributed by atoms with Crippen molar-refractivity contribution in [1.29, 1.82) is 0 Å². The molecule has 1 saturated heterocycles. The van der Waals surface area contributed by atoms with Crippen molar-refractivity contribution in [3.8, 4) is 5.75 Å². The average Bonchev–Trinajstić information content (AvgIpc) is 2.72. The number of thioether (sulfide) groups is 1. The Morgan fingerprint density at radius 2 is 2.29 bits per heavy atom. The van der Waals surface area contributed by atoms with Crippen LogP contribution in [0, 0.1) is 5.92 Å². The number of aliphatic hydroxyl groups is 1. The van der Waals surface area contributed by atoms with Crippen LogP contribution in [0.15, 0.2) is 24.3 Å². The first-order valence-electron chi connectivity index (χ1n) is 5.81. The predicted molar refractivity (Wildman–Crippen MR) is 72.9 cm³/mol. The van der Waals surface area contributed by atoms with Crippen LogP contribution in [0.3, 0.4) is 0 Å². The van der Waals surface area contributed by atoms with E-state index in [1.54, 1.807) is 7.11 Å². The van der Waals surface area contributed by atoms with Crippen molar-refractivity contribution in [2.75, 3.05) is 30.5 Å². The molecule has 0 amide bonds. The molecular weight excluding hydrogens is 234 g/mol. The van der Waals surface area contributed by atoms with Gasteiger partial charge in [0.15, 0.2) is 0 Å². The standard InChI is InChI=1S/C13H19NO2S/c1-10-7-17-9-13(10,8-15)14-11-5-3-4-6-12(11)16-2/h3-6,10,14-15H,7-9H2,1-2H3. The summed E-state index contributed by atoms with van der Waals surface area (Å²) in [6.45, 7) is 2.33. The number of benzene rings is 1. The number of hydrogen-bond donors (Lipinski definition) is 2. The molecule has 0 spiro atoms. The molecule has 0 aliphatic carbocycles. The summed E-state index contributed by atoms with van der Waals surface area (Å²) in [7, 11) is 1.67. The van der Waals surface area contributed by atoms with Crippen LogP contribution in [0.1, 0.15) is 6.92 Å². The van der Waals surface area contributed by atoms with Gasteiger partial charge in [0.05, 0.1) is 24.9 Å². The van der Waals surface area contributed by atoms with E-state index < -0.39 is 0 Å².